The first kappa shape index (κ1) is 21.3. The highest BCUT2D eigenvalue weighted by atomic mass is 19.4. The maximum atomic E-state index is 12.9. The summed E-state index contributed by atoms with van der Waals surface area (Å²) in [6.07, 6.45) is -1.23. The first-order valence-electron chi connectivity index (χ1n) is 9.82. The standard InChI is InChI=1S/C24H19F3N4O/c1-15-5-7-19(31-23(32)17-3-2-4-18(12-17)24(25,26)27)13-21(15)30-14-16-6-8-20-22(11-16)29-10-9-28-20/h2-13,30H,14H2,1H3,(H,31,32). The predicted octanol–water partition coefficient (Wildman–Crippen LogP) is 5.82. The second-order valence-electron chi connectivity index (χ2n) is 7.30. The molecule has 8 heteroatoms. The Kier molecular flexibility index (Phi) is 5.77. The van der Waals surface area contributed by atoms with Gasteiger partial charge < -0.3 is 10.6 Å². The van der Waals surface area contributed by atoms with Crippen molar-refractivity contribution >= 4 is 28.3 Å². The number of anilines is 2. The van der Waals surface area contributed by atoms with Crippen LogP contribution in [0.15, 0.2) is 73.1 Å². The molecule has 4 rings (SSSR count). The first-order chi connectivity index (χ1) is 15.3. The Morgan fingerprint density at radius 2 is 1.72 bits per heavy atom. The fourth-order valence-corrected chi connectivity index (χ4v) is 3.25. The van der Waals surface area contributed by atoms with Gasteiger partial charge in [-0.15, -0.1) is 0 Å². The average Bonchev–Trinajstić information content (AvgIpc) is 2.78. The zero-order valence-corrected chi connectivity index (χ0v) is 17.1. The Hall–Kier alpha value is -3.94. The van der Waals surface area contributed by atoms with Crippen LogP contribution in [0.4, 0.5) is 24.5 Å². The zero-order valence-electron chi connectivity index (χ0n) is 17.1. The molecule has 0 radical (unpaired) electrons. The van der Waals surface area contributed by atoms with E-state index in [4.69, 9.17) is 0 Å². The molecule has 0 spiro atoms. The third-order valence-corrected chi connectivity index (χ3v) is 4.96. The van der Waals surface area contributed by atoms with Crippen LogP contribution in [0.3, 0.4) is 0 Å². The summed E-state index contributed by atoms with van der Waals surface area (Å²) in [5, 5.41) is 5.99. The molecule has 32 heavy (non-hydrogen) atoms. The molecule has 2 N–H and O–H groups in total. The lowest BCUT2D eigenvalue weighted by Crippen LogP contribution is -2.14. The average molecular weight is 436 g/mol. The Labute approximate surface area is 182 Å². The first-order valence-corrected chi connectivity index (χ1v) is 9.82. The van der Waals surface area contributed by atoms with Crippen molar-refractivity contribution in [3.8, 4) is 0 Å². The number of fused-ring (bicyclic) bond motifs is 1. The van der Waals surface area contributed by atoms with E-state index in [9.17, 15) is 18.0 Å². The number of rotatable bonds is 5. The van der Waals surface area contributed by atoms with Gasteiger partial charge in [0.2, 0.25) is 0 Å². The van der Waals surface area contributed by atoms with E-state index >= 15 is 0 Å². The molecule has 162 valence electrons. The number of carbonyl (C=O) groups excluding carboxylic acids is 1. The summed E-state index contributed by atoms with van der Waals surface area (Å²) in [6.45, 7) is 2.45. The number of nitrogens with one attached hydrogen (secondary N) is 2. The summed E-state index contributed by atoms with van der Waals surface area (Å²) in [4.78, 5) is 21.0. The minimum absolute atomic E-state index is 0.0628. The van der Waals surface area contributed by atoms with Gasteiger partial charge in [0.1, 0.15) is 0 Å². The quantitative estimate of drug-likeness (QED) is 0.414. The van der Waals surface area contributed by atoms with Gasteiger partial charge in [-0.1, -0.05) is 18.2 Å². The number of aryl methyl sites for hydroxylation is 1. The number of halogens is 3. The van der Waals surface area contributed by atoms with E-state index in [1.165, 1.54) is 12.1 Å². The van der Waals surface area contributed by atoms with Crippen LogP contribution in [-0.4, -0.2) is 15.9 Å². The van der Waals surface area contributed by atoms with E-state index in [1.54, 1.807) is 24.5 Å². The molecular formula is C24H19F3N4O. The lowest BCUT2D eigenvalue weighted by Gasteiger charge is -2.13. The van der Waals surface area contributed by atoms with Crippen molar-refractivity contribution in [2.45, 2.75) is 19.6 Å². The molecule has 0 aliphatic rings. The number of aromatic nitrogens is 2. The topological polar surface area (TPSA) is 66.9 Å². The highest BCUT2D eigenvalue weighted by molar-refractivity contribution is 6.04. The fraction of sp³-hybridized carbons (Fsp3) is 0.125. The molecule has 0 bridgehead atoms. The smallest absolute Gasteiger partial charge is 0.381 e. The molecule has 0 aliphatic carbocycles. The Morgan fingerprint density at radius 3 is 2.50 bits per heavy atom. The summed E-state index contributed by atoms with van der Waals surface area (Å²) in [7, 11) is 0. The van der Waals surface area contributed by atoms with Crippen molar-refractivity contribution in [3.05, 3.63) is 95.3 Å². The Balaban J connectivity index is 1.48. The third kappa shape index (κ3) is 4.85. The van der Waals surface area contributed by atoms with Crippen LogP contribution in [0.1, 0.15) is 27.0 Å². The van der Waals surface area contributed by atoms with Gasteiger partial charge in [0, 0.05) is 35.9 Å². The normalized spacial score (nSPS) is 11.4. The summed E-state index contributed by atoms with van der Waals surface area (Å²) < 4.78 is 38.8. The van der Waals surface area contributed by atoms with E-state index in [0.717, 1.165) is 40.0 Å². The van der Waals surface area contributed by atoms with Gasteiger partial charge in [-0.3, -0.25) is 14.8 Å². The van der Waals surface area contributed by atoms with Crippen molar-refractivity contribution < 1.29 is 18.0 Å². The number of hydrogen-bond acceptors (Lipinski definition) is 4. The van der Waals surface area contributed by atoms with Crippen molar-refractivity contribution in [1.82, 2.24) is 9.97 Å². The largest absolute Gasteiger partial charge is 0.416 e. The minimum Gasteiger partial charge on any atom is -0.381 e. The van der Waals surface area contributed by atoms with Gasteiger partial charge >= 0.3 is 6.18 Å². The number of nitrogens with zero attached hydrogens (tertiary/aromatic N) is 2. The highest BCUT2D eigenvalue weighted by Gasteiger charge is 2.30. The van der Waals surface area contributed by atoms with Crippen LogP contribution in [0.25, 0.3) is 11.0 Å². The van der Waals surface area contributed by atoms with Gasteiger partial charge in [-0.2, -0.15) is 13.2 Å². The molecule has 0 atom stereocenters. The molecule has 5 nitrogen and oxygen atoms in total. The van der Waals surface area contributed by atoms with Crippen LogP contribution >= 0.6 is 0 Å². The third-order valence-electron chi connectivity index (χ3n) is 4.96. The predicted molar refractivity (Wildman–Crippen MR) is 117 cm³/mol. The lowest BCUT2D eigenvalue weighted by atomic mass is 10.1. The SMILES string of the molecule is Cc1ccc(NC(=O)c2cccc(C(F)(F)F)c2)cc1NCc1ccc2nccnc2c1. The molecule has 1 aromatic heterocycles. The molecule has 0 unspecified atom stereocenters. The minimum atomic E-state index is -4.51. The van der Waals surface area contributed by atoms with E-state index in [2.05, 4.69) is 20.6 Å². The molecule has 0 aliphatic heterocycles. The van der Waals surface area contributed by atoms with E-state index in [1.807, 2.05) is 31.2 Å². The lowest BCUT2D eigenvalue weighted by molar-refractivity contribution is -0.137. The monoisotopic (exact) mass is 436 g/mol. The number of hydrogen-bond donors (Lipinski definition) is 2. The van der Waals surface area contributed by atoms with Gasteiger partial charge in [-0.05, 0) is 60.5 Å². The number of alkyl halides is 3. The van der Waals surface area contributed by atoms with Gasteiger partial charge in [0.15, 0.2) is 0 Å². The molecular weight excluding hydrogens is 417 g/mol. The van der Waals surface area contributed by atoms with Crippen LogP contribution in [0.5, 0.6) is 0 Å². The second-order valence-corrected chi connectivity index (χ2v) is 7.30. The molecule has 0 saturated heterocycles. The second kappa shape index (κ2) is 8.66. The van der Waals surface area contributed by atoms with E-state index < -0.39 is 17.6 Å². The van der Waals surface area contributed by atoms with Crippen molar-refractivity contribution in [2.24, 2.45) is 0 Å². The molecule has 0 fully saturated rings. The van der Waals surface area contributed by atoms with Crippen molar-refractivity contribution in [3.63, 3.8) is 0 Å². The number of carbonyl (C=O) groups is 1. The molecule has 4 aromatic rings. The molecule has 0 saturated carbocycles. The summed E-state index contributed by atoms with van der Waals surface area (Å²) >= 11 is 0. The van der Waals surface area contributed by atoms with E-state index in [0.29, 0.717) is 12.2 Å². The van der Waals surface area contributed by atoms with Gasteiger partial charge in [-0.25, -0.2) is 0 Å². The Bertz CT molecular complexity index is 1290. The maximum absolute atomic E-state index is 12.9. The summed E-state index contributed by atoms with van der Waals surface area (Å²) in [6, 6.07) is 15.4. The molecule has 1 amide bonds. The molecule has 3 aromatic carbocycles. The van der Waals surface area contributed by atoms with Gasteiger partial charge in [0.05, 0.1) is 16.6 Å². The highest BCUT2D eigenvalue weighted by Crippen LogP contribution is 2.30. The molecule has 1 heterocycles. The van der Waals surface area contributed by atoms with Gasteiger partial charge in [0.25, 0.3) is 5.91 Å². The zero-order chi connectivity index (χ0) is 22.7. The van der Waals surface area contributed by atoms with Crippen LogP contribution in [0.2, 0.25) is 0 Å². The fourth-order valence-electron chi connectivity index (χ4n) is 3.25. The number of amides is 1. The van der Waals surface area contributed by atoms with Crippen LogP contribution in [0, 0.1) is 6.92 Å². The number of benzene rings is 3. The van der Waals surface area contributed by atoms with Crippen molar-refractivity contribution in [2.75, 3.05) is 10.6 Å². The van der Waals surface area contributed by atoms with Crippen LogP contribution in [-0.2, 0) is 12.7 Å². The van der Waals surface area contributed by atoms with Crippen molar-refractivity contribution in [1.29, 1.82) is 0 Å². The Morgan fingerprint density at radius 1 is 0.938 bits per heavy atom. The summed E-state index contributed by atoms with van der Waals surface area (Å²) in [5.41, 5.74) is 3.93. The summed E-state index contributed by atoms with van der Waals surface area (Å²) in [5.74, 6) is -0.612. The maximum Gasteiger partial charge on any atom is 0.416 e. The van der Waals surface area contributed by atoms with E-state index in [-0.39, 0.29) is 5.56 Å². The van der Waals surface area contributed by atoms with Crippen LogP contribution < -0.4 is 10.6 Å².